The first-order valence-electron chi connectivity index (χ1n) is 7.95. The van der Waals surface area contributed by atoms with Crippen LogP contribution >= 0.6 is 0 Å². The molecule has 7 nitrogen and oxygen atoms in total. The highest BCUT2D eigenvalue weighted by atomic mass is 32.2. The van der Waals surface area contributed by atoms with Crippen molar-refractivity contribution in [2.45, 2.75) is 11.8 Å². The highest BCUT2D eigenvalue weighted by Crippen LogP contribution is 2.33. The summed E-state index contributed by atoms with van der Waals surface area (Å²) in [6.45, 7) is 0. The molecule has 0 aromatic heterocycles. The van der Waals surface area contributed by atoms with E-state index >= 15 is 0 Å². The van der Waals surface area contributed by atoms with Gasteiger partial charge in [0, 0.05) is 5.56 Å². The van der Waals surface area contributed by atoms with E-state index in [1.54, 1.807) is 30.3 Å². The largest absolute Gasteiger partial charge is 0.460 e. The van der Waals surface area contributed by atoms with E-state index in [2.05, 4.69) is 0 Å². The molecule has 8 heteroatoms. The van der Waals surface area contributed by atoms with Gasteiger partial charge in [-0.3, -0.25) is 4.79 Å². The lowest BCUT2D eigenvalue weighted by atomic mass is 10.0. The molecule has 3 rings (SSSR count). The van der Waals surface area contributed by atoms with Gasteiger partial charge < -0.3 is 14.7 Å². The second-order valence-electron chi connectivity index (χ2n) is 5.42. The fraction of sp³-hybridized carbons (Fsp3) is 0.111. The molecule has 0 unspecified atom stereocenters. The normalized spacial score (nSPS) is 20.3. The van der Waals surface area contributed by atoms with Gasteiger partial charge in [0.15, 0.2) is 6.08 Å². The molecule has 2 N–H and O–H groups in total. The lowest BCUT2D eigenvalue weighted by molar-refractivity contribution is -0.123. The molecule has 1 heterocycles. The minimum atomic E-state index is -4.20. The molecule has 0 spiro atoms. The average Bonchev–Trinajstić information content (AvgIpc) is 2.86. The minimum Gasteiger partial charge on any atom is -0.460 e. The summed E-state index contributed by atoms with van der Waals surface area (Å²) in [6, 6.07) is 15.8. The van der Waals surface area contributed by atoms with Crippen LogP contribution in [0.2, 0.25) is 0 Å². The first-order chi connectivity index (χ1) is 12.7. The Bertz CT molecular complexity index is 1080. The van der Waals surface area contributed by atoms with Crippen LogP contribution < -0.4 is 5.73 Å². The molecule has 2 aromatic rings. The first kappa shape index (κ1) is 16.2. The van der Waals surface area contributed by atoms with Gasteiger partial charge in [-0.1, -0.05) is 42.5 Å². The number of hydrogen-bond acceptors (Lipinski definition) is 7. The summed E-state index contributed by atoms with van der Waals surface area (Å²) in [5.41, 5.74) is 6.32. The van der Waals surface area contributed by atoms with Gasteiger partial charge in [0.05, 0.1) is 13.0 Å². The quantitative estimate of drug-likeness (QED) is 0.797. The first-order valence-corrected chi connectivity index (χ1v) is 9.03. The number of Topliss-reactive ketones (excluding diaryl/α,β-unsaturated/α-hetero) is 1. The van der Waals surface area contributed by atoms with E-state index in [0.717, 1.165) is 0 Å². The van der Waals surface area contributed by atoms with Crippen LogP contribution in [0.5, 0.6) is 0 Å². The Morgan fingerprint density at radius 1 is 1.23 bits per heavy atom. The topological polar surface area (TPSA) is 119 Å². The number of carbonyl (C=O) groups excluding carboxylic acids is 1. The molecular formula is C18H14N2O5S. The number of nitriles is 1. The van der Waals surface area contributed by atoms with Crippen molar-refractivity contribution < 1.29 is 23.5 Å². The van der Waals surface area contributed by atoms with Crippen LogP contribution in [0.1, 0.15) is 24.1 Å². The Morgan fingerprint density at radius 2 is 1.96 bits per heavy atom. The summed E-state index contributed by atoms with van der Waals surface area (Å²) >= 11 is 0. The van der Waals surface area contributed by atoms with Crippen molar-refractivity contribution >= 4 is 15.9 Å². The molecule has 0 amide bonds. The maximum atomic E-state index is 12.6. The van der Waals surface area contributed by atoms with Gasteiger partial charge in [-0.2, -0.15) is 13.7 Å². The molecule has 0 fully saturated rings. The molecule has 26 heavy (non-hydrogen) atoms. The molecule has 0 bridgehead atoms. The van der Waals surface area contributed by atoms with Gasteiger partial charge in [-0.15, -0.1) is 0 Å². The fourth-order valence-electron chi connectivity index (χ4n) is 2.35. The molecule has 0 saturated heterocycles. The fourth-order valence-corrected chi connectivity index (χ4v) is 3.42. The van der Waals surface area contributed by atoms with E-state index in [4.69, 9.17) is 21.3 Å². The Kier molecular flexibility index (Phi) is 4.29. The number of ketones is 1. The van der Waals surface area contributed by atoms with Crippen molar-refractivity contribution in [3.05, 3.63) is 82.9 Å². The number of nitrogens with two attached hydrogens (primary N) is 1. The summed E-state index contributed by atoms with van der Waals surface area (Å²) in [5.74, 6) is -2.89. The minimum absolute atomic E-state index is 0.0357. The van der Waals surface area contributed by atoms with Crippen molar-refractivity contribution in [3.8, 4) is 6.07 Å². The van der Waals surface area contributed by atoms with Crippen LogP contribution in [-0.4, -0.2) is 14.2 Å². The summed E-state index contributed by atoms with van der Waals surface area (Å²) in [4.78, 5) is 12.6. The Hall–Kier alpha value is -3.31. The van der Waals surface area contributed by atoms with Crippen molar-refractivity contribution in [1.82, 2.24) is 0 Å². The number of nitrogens with zero attached hydrogens (tertiary/aromatic N) is 1. The maximum absolute atomic E-state index is 12.6. The Balaban J connectivity index is 1.86. The van der Waals surface area contributed by atoms with Gasteiger partial charge >= 0.3 is 10.1 Å². The molecule has 1 aliphatic rings. The predicted octanol–water partition coefficient (Wildman–Crippen LogP) is 1.87. The molecule has 2 aromatic carbocycles. The molecule has 1 atom stereocenters. The number of hydrogen-bond donors (Lipinski definition) is 1. The third-order valence-corrected chi connectivity index (χ3v) is 4.61. The Morgan fingerprint density at radius 3 is 2.65 bits per heavy atom. The molecular weight excluding hydrogens is 356 g/mol. The van der Waals surface area contributed by atoms with E-state index in [0.29, 0.717) is 5.56 Å². The SMILES string of the molecule is [2H][C@@]1(c2cccc(C#N)c2)OC(N)=C(OS(=O)(=O)Cc2ccccc2)C1=O. The lowest BCUT2D eigenvalue weighted by Gasteiger charge is -2.10. The number of carbonyl (C=O) groups is 1. The second-order valence-corrected chi connectivity index (χ2v) is 6.99. The summed E-state index contributed by atoms with van der Waals surface area (Å²) < 4.78 is 42.9. The van der Waals surface area contributed by atoms with E-state index in [9.17, 15) is 13.2 Å². The summed E-state index contributed by atoms with van der Waals surface area (Å²) in [6.07, 6.45) is -2.32. The Labute approximate surface area is 151 Å². The summed E-state index contributed by atoms with van der Waals surface area (Å²) in [5, 5.41) is 8.98. The third kappa shape index (κ3) is 3.68. The molecule has 0 aliphatic carbocycles. The van der Waals surface area contributed by atoms with Crippen LogP contribution in [0.3, 0.4) is 0 Å². The van der Waals surface area contributed by atoms with Crippen LogP contribution in [0.25, 0.3) is 0 Å². The zero-order valence-electron chi connectivity index (χ0n) is 14.4. The second kappa shape index (κ2) is 6.90. The van der Waals surface area contributed by atoms with Crippen LogP contribution in [0.4, 0.5) is 0 Å². The zero-order valence-corrected chi connectivity index (χ0v) is 14.2. The van der Waals surface area contributed by atoms with Gasteiger partial charge in [0.25, 0.3) is 0 Å². The smallest absolute Gasteiger partial charge is 0.313 e. The standard InChI is InChI=1S/C18H14N2O5S/c19-10-13-7-4-8-14(9-13)16-15(21)17(18(20)24-16)25-26(22,23)11-12-5-2-1-3-6-12/h1-9,16H,11,20H2/t16-/m0/s1/i16D. The van der Waals surface area contributed by atoms with E-state index < -0.39 is 39.4 Å². The van der Waals surface area contributed by atoms with Crippen molar-refractivity contribution in [2.24, 2.45) is 5.73 Å². The molecule has 132 valence electrons. The predicted molar refractivity (Wildman–Crippen MR) is 91.4 cm³/mol. The maximum Gasteiger partial charge on any atom is 0.313 e. The number of ether oxygens (including phenoxy) is 1. The van der Waals surface area contributed by atoms with Crippen molar-refractivity contribution in [1.29, 1.82) is 5.26 Å². The van der Waals surface area contributed by atoms with Crippen LogP contribution in [0.15, 0.2) is 66.2 Å². The van der Waals surface area contributed by atoms with E-state index in [1.807, 2.05) is 6.07 Å². The average molecular weight is 371 g/mol. The highest BCUT2D eigenvalue weighted by molar-refractivity contribution is 7.86. The van der Waals surface area contributed by atoms with Gasteiger partial charge in [-0.05, 0) is 17.7 Å². The summed E-state index contributed by atoms with van der Waals surface area (Å²) in [7, 11) is -4.20. The lowest BCUT2D eigenvalue weighted by Crippen LogP contribution is -2.16. The van der Waals surface area contributed by atoms with Gasteiger partial charge in [0.2, 0.25) is 17.4 Å². The molecule has 0 saturated carbocycles. The number of rotatable bonds is 5. The van der Waals surface area contributed by atoms with Crippen molar-refractivity contribution in [2.75, 3.05) is 0 Å². The molecule has 0 radical (unpaired) electrons. The van der Waals surface area contributed by atoms with E-state index in [-0.39, 0.29) is 11.1 Å². The van der Waals surface area contributed by atoms with Gasteiger partial charge in [-0.25, -0.2) is 0 Å². The highest BCUT2D eigenvalue weighted by Gasteiger charge is 2.39. The monoisotopic (exact) mass is 371 g/mol. The molecule has 1 aliphatic heterocycles. The zero-order chi connectivity index (χ0) is 19.7. The van der Waals surface area contributed by atoms with Gasteiger partial charge in [0.1, 0.15) is 5.75 Å². The van der Waals surface area contributed by atoms with Crippen LogP contribution in [-0.2, 0) is 29.6 Å². The van der Waals surface area contributed by atoms with E-state index in [1.165, 1.54) is 24.3 Å². The van der Waals surface area contributed by atoms with Crippen LogP contribution in [0, 0.1) is 11.3 Å². The third-order valence-electron chi connectivity index (χ3n) is 3.50. The van der Waals surface area contributed by atoms with Crippen molar-refractivity contribution in [3.63, 3.8) is 0 Å². The number of benzene rings is 2.